The van der Waals surface area contributed by atoms with E-state index in [2.05, 4.69) is 9.97 Å². The molecule has 4 rings (SSSR count). The molecule has 1 aliphatic heterocycles. The van der Waals surface area contributed by atoms with Crippen LogP contribution in [-0.4, -0.2) is 55.8 Å². The Morgan fingerprint density at radius 3 is 2.45 bits per heavy atom. The van der Waals surface area contributed by atoms with Crippen LogP contribution in [0, 0.1) is 5.41 Å². The van der Waals surface area contributed by atoms with Gasteiger partial charge < -0.3 is 9.80 Å². The molecule has 174 valence electrons. The third-order valence-electron chi connectivity index (χ3n) is 6.14. The number of piperidine rings is 1. The van der Waals surface area contributed by atoms with Crippen LogP contribution < -0.4 is 5.69 Å². The number of imidazole rings is 1. The number of fused-ring (bicyclic) bond motifs is 1. The lowest BCUT2D eigenvalue weighted by Gasteiger charge is -2.35. The van der Waals surface area contributed by atoms with Crippen molar-refractivity contribution in [2.24, 2.45) is 5.41 Å². The van der Waals surface area contributed by atoms with Gasteiger partial charge in [0.25, 0.3) is 0 Å². The lowest BCUT2D eigenvalue weighted by molar-refractivity contribution is -0.146. The molecule has 0 radical (unpaired) electrons. The minimum Gasteiger partial charge on any atom is -0.341 e. The zero-order chi connectivity index (χ0) is 23.6. The van der Waals surface area contributed by atoms with Crippen LogP contribution in [0.4, 0.5) is 0 Å². The van der Waals surface area contributed by atoms with E-state index in [0.717, 1.165) is 11.1 Å². The van der Waals surface area contributed by atoms with Gasteiger partial charge in [0, 0.05) is 37.3 Å². The van der Waals surface area contributed by atoms with E-state index in [4.69, 9.17) is 0 Å². The summed E-state index contributed by atoms with van der Waals surface area (Å²) < 4.78 is 1.76. The average molecular weight is 450 g/mol. The Kier molecular flexibility index (Phi) is 6.35. The number of amides is 2. The lowest BCUT2D eigenvalue weighted by Crippen LogP contribution is -2.48. The molecule has 8 heteroatoms. The first-order chi connectivity index (χ1) is 15.7. The Balaban J connectivity index is 1.44. The van der Waals surface area contributed by atoms with Crippen molar-refractivity contribution < 1.29 is 9.59 Å². The second kappa shape index (κ2) is 9.21. The maximum Gasteiger partial charge on any atom is 0.327 e. The van der Waals surface area contributed by atoms with E-state index in [1.165, 1.54) is 0 Å². The van der Waals surface area contributed by atoms with Crippen LogP contribution in [0.5, 0.6) is 0 Å². The number of carbonyl (C=O) groups is 2. The van der Waals surface area contributed by atoms with E-state index in [-0.39, 0.29) is 30.1 Å². The summed E-state index contributed by atoms with van der Waals surface area (Å²) >= 11 is 0. The van der Waals surface area contributed by atoms with Crippen molar-refractivity contribution >= 4 is 23.0 Å². The quantitative estimate of drug-likeness (QED) is 0.648. The SMILES string of the molecule is CC(C)(C)C(=O)N(CC(=O)N1CCC(n2c(=O)[nH]c3ncccc32)CC1)Cc1ccccc1. The van der Waals surface area contributed by atoms with Gasteiger partial charge in [-0.25, -0.2) is 9.78 Å². The number of aromatic amines is 1. The first kappa shape index (κ1) is 22.8. The molecule has 8 nitrogen and oxygen atoms in total. The fourth-order valence-corrected chi connectivity index (χ4v) is 4.44. The number of benzene rings is 1. The van der Waals surface area contributed by atoms with Crippen LogP contribution in [0.2, 0.25) is 0 Å². The van der Waals surface area contributed by atoms with E-state index in [1.807, 2.05) is 68.1 Å². The van der Waals surface area contributed by atoms with Gasteiger partial charge in [-0.15, -0.1) is 0 Å². The third-order valence-corrected chi connectivity index (χ3v) is 6.14. The smallest absolute Gasteiger partial charge is 0.327 e. The second-order valence-corrected chi connectivity index (χ2v) is 9.68. The standard InChI is InChI=1S/C25H31N5O3/c1-25(2,3)23(32)29(16-18-8-5-4-6-9-18)17-21(31)28-14-11-19(12-15-28)30-20-10-7-13-26-22(20)27-24(30)33/h4-10,13,19H,11-12,14-17H2,1-3H3,(H,26,27,33). The summed E-state index contributed by atoms with van der Waals surface area (Å²) in [5.74, 6) is -0.109. The van der Waals surface area contributed by atoms with E-state index in [0.29, 0.717) is 38.1 Å². The number of nitrogens with zero attached hydrogens (tertiary/aromatic N) is 4. The first-order valence-corrected chi connectivity index (χ1v) is 11.4. The molecule has 1 N–H and O–H groups in total. The van der Waals surface area contributed by atoms with Crippen LogP contribution in [0.25, 0.3) is 11.2 Å². The molecule has 1 fully saturated rings. The number of likely N-dealkylation sites (tertiary alicyclic amines) is 1. The maximum absolute atomic E-state index is 13.1. The zero-order valence-corrected chi connectivity index (χ0v) is 19.5. The fourth-order valence-electron chi connectivity index (χ4n) is 4.44. The molecule has 33 heavy (non-hydrogen) atoms. The molecule has 1 aliphatic rings. The number of pyridine rings is 1. The molecule has 0 bridgehead atoms. The molecule has 3 aromatic rings. The van der Waals surface area contributed by atoms with E-state index >= 15 is 0 Å². The third kappa shape index (κ3) is 4.99. The van der Waals surface area contributed by atoms with Crippen molar-refractivity contribution in [3.8, 4) is 0 Å². The number of aromatic nitrogens is 3. The highest BCUT2D eigenvalue weighted by atomic mass is 16.2. The lowest BCUT2D eigenvalue weighted by atomic mass is 9.94. The van der Waals surface area contributed by atoms with Gasteiger partial charge in [-0.2, -0.15) is 0 Å². The summed E-state index contributed by atoms with van der Waals surface area (Å²) in [7, 11) is 0. The molecule has 1 aromatic carbocycles. The zero-order valence-electron chi connectivity index (χ0n) is 19.5. The van der Waals surface area contributed by atoms with Crippen LogP contribution in [-0.2, 0) is 16.1 Å². The minimum absolute atomic E-state index is 0.0103. The molecule has 0 spiro atoms. The summed E-state index contributed by atoms with van der Waals surface area (Å²) in [6, 6.07) is 13.4. The highest BCUT2D eigenvalue weighted by Crippen LogP contribution is 2.25. The van der Waals surface area contributed by atoms with Gasteiger partial charge >= 0.3 is 5.69 Å². The molecule has 0 unspecified atom stereocenters. The first-order valence-electron chi connectivity index (χ1n) is 11.4. The summed E-state index contributed by atoms with van der Waals surface area (Å²) in [6.07, 6.45) is 3.02. The van der Waals surface area contributed by atoms with Crippen LogP contribution >= 0.6 is 0 Å². The molecule has 2 aromatic heterocycles. The fraction of sp³-hybridized carbons (Fsp3) is 0.440. The molecular formula is C25H31N5O3. The number of H-pyrrole nitrogens is 1. The topological polar surface area (TPSA) is 91.3 Å². The highest BCUT2D eigenvalue weighted by Gasteiger charge is 2.31. The van der Waals surface area contributed by atoms with Gasteiger partial charge in [-0.1, -0.05) is 51.1 Å². The molecule has 0 atom stereocenters. The average Bonchev–Trinajstić information content (AvgIpc) is 3.14. The van der Waals surface area contributed by atoms with Gasteiger partial charge in [-0.05, 0) is 30.5 Å². The van der Waals surface area contributed by atoms with Crippen molar-refractivity contribution in [2.75, 3.05) is 19.6 Å². The van der Waals surface area contributed by atoms with Crippen LogP contribution in [0.1, 0.15) is 45.2 Å². The van der Waals surface area contributed by atoms with Gasteiger partial charge in [0.2, 0.25) is 11.8 Å². The highest BCUT2D eigenvalue weighted by molar-refractivity contribution is 5.87. The maximum atomic E-state index is 13.1. The normalized spacial score (nSPS) is 15.1. The Hall–Kier alpha value is -3.42. The van der Waals surface area contributed by atoms with Crippen molar-refractivity contribution in [3.05, 3.63) is 64.7 Å². The molecule has 2 amide bonds. The molecular weight excluding hydrogens is 418 g/mol. The molecule has 3 heterocycles. The number of nitrogens with one attached hydrogen (secondary N) is 1. The van der Waals surface area contributed by atoms with Crippen LogP contribution in [0.3, 0.4) is 0 Å². The number of hydrogen-bond acceptors (Lipinski definition) is 4. The Morgan fingerprint density at radius 2 is 1.79 bits per heavy atom. The Bertz CT molecular complexity index is 1180. The largest absolute Gasteiger partial charge is 0.341 e. The van der Waals surface area contributed by atoms with Gasteiger partial charge in [-0.3, -0.25) is 19.1 Å². The summed E-state index contributed by atoms with van der Waals surface area (Å²) in [5, 5.41) is 0. The number of rotatable bonds is 5. The summed E-state index contributed by atoms with van der Waals surface area (Å²) in [4.78, 5) is 49.2. The van der Waals surface area contributed by atoms with Gasteiger partial charge in [0.05, 0.1) is 5.52 Å². The van der Waals surface area contributed by atoms with E-state index < -0.39 is 5.41 Å². The van der Waals surface area contributed by atoms with Gasteiger partial charge in [0.15, 0.2) is 5.65 Å². The Labute approximate surface area is 193 Å². The monoisotopic (exact) mass is 449 g/mol. The molecule has 0 saturated carbocycles. The van der Waals surface area contributed by atoms with E-state index in [9.17, 15) is 14.4 Å². The van der Waals surface area contributed by atoms with Crippen molar-refractivity contribution in [2.45, 2.75) is 46.2 Å². The number of carbonyl (C=O) groups excluding carboxylic acids is 2. The van der Waals surface area contributed by atoms with Crippen molar-refractivity contribution in [1.29, 1.82) is 0 Å². The second-order valence-electron chi connectivity index (χ2n) is 9.68. The van der Waals surface area contributed by atoms with Crippen molar-refractivity contribution in [3.63, 3.8) is 0 Å². The summed E-state index contributed by atoms with van der Waals surface area (Å²) in [5.41, 5.74) is 1.62. The predicted octanol–water partition coefficient (Wildman–Crippen LogP) is 2.96. The molecule has 1 saturated heterocycles. The van der Waals surface area contributed by atoms with Gasteiger partial charge in [0.1, 0.15) is 6.54 Å². The molecule has 0 aliphatic carbocycles. The summed E-state index contributed by atoms with van der Waals surface area (Å²) in [6.45, 7) is 7.16. The Morgan fingerprint density at radius 1 is 1.09 bits per heavy atom. The number of hydrogen-bond donors (Lipinski definition) is 1. The predicted molar refractivity (Wildman–Crippen MR) is 127 cm³/mol. The van der Waals surface area contributed by atoms with Crippen molar-refractivity contribution in [1.82, 2.24) is 24.3 Å². The van der Waals surface area contributed by atoms with Crippen LogP contribution in [0.15, 0.2) is 53.5 Å². The van der Waals surface area contributed by atoms with E-state index in [1.54, 1.807) is 15.7 Å². The minimum atomic E-state index is -0.577.